The van der Waals surface area contributed by atoms with Crippen LogP contribution in [0.2, 0.25) is 0 Å². The molecule has 0 spiro atoms. The summed E-state index contributed by atoms with van der Waals surface area (Å²) in [6.45, 7) is 1.64. The predicted molar refractivity (Wildman–Crippen MR) is 64.0 cm³/mol. The van der Waals surface area contributed by atoms with E-state index in [4.69, 9.17) is 0 Å². The normalized spacial score (nSPS) is 15.7. The molecule has 1 amide bonds. The maximum Gasteiger partial charge on any atom is 0.233 e. The van der Waals surface area contributed by atoms with Crippen LogP contribution >= 0.6 is 15.9 Å². The first kappa shape index (κ1) is 10.7. The molecule has 2 nitrogen and oxygen atoms in total. The minimum atomic E-state index is 0.187. The number of benzene rings is 1. The third kappa shape index (κ3) is 2.40. The van der Waals surface area contributed by atoms with Gasteiger partial charge in [-0.05, 0) is 24.0 Å². The molecule has 0 N–H and O–H groups in total. The summed E-state index contributed by atoms with van der Waals surface area (Å²) >= 11 is 3.22. The van der Waals surface area contributed by atoms with E-state index in [-0.39, 0.29) is 5.91 Å². The molecule has 15 heavy (non-hydrogen) atoms. The van der Waals surface area contributed by atoms with Gasteiger partial charge < -0.3 is 4.90 Å². The highest BCUT2D eigenvalue weighted by atomic mass is 79.9. The van der Waals surface area contributed by atoms with Crippen LogP contribution in [0, 0.1) is 0 Å². The Morgan fingerprint density at radius 3 is 2.80 bits per heavy atom. The van der Waals surface area contributed by atoms with Crippen LogP contribution in [0.3, 0.4) is 0 Å². The quantitative estimate of drug-likeness (QED) is 0.716. The van der Waals surface area contributed by atoms with Crippen molar-refractivity contribution in [2.24, 2.45) is 0 Å². The molecule has 0 saturated heterocycles. The lowest BCUT2D eigenvalue weighted by atomic mass is 10.0. The molecular weight excluding hydrogens is 254 g/mol. The van der Waals surface area contributed by atoms with E-state index in [0.29, 0.717) is 5.33 Å². The van der Waals surface area contributed by atoms with Gasteiger partial charge in [-0.1, -0.05) is 40.2 Å². The number of alkyl halides is 1. The first-order chi connectivity index (χ1) is 7.31. The average Bonchev–Trinajstić information content (AvgIpc) is 2.49. The Hall–Kier alpha value is -0.830. The molecule has 0 atom stereocenters. The maximum atomic E-state index is 11.6. The average molecular weight is 268 g/mol. The van der Waals surface area contributed by atoms with Gasteiger partial charge in [0.25, 0.3) is 0 Å². The van der Waals surface area contributed by atoms with Gasteiger partial charge in [-0.25, -0.2) is 0 Å². The summed E-state index contributed by atoms with van der Waals surface area (Å²) < 4.78 is 0. The molecule has 80 valence electrons. The molecule has 1 aromatic carbocycles. The Bertz CT molecular complexity index is 364. The van der Waals surface area contributed by atoms with Crippen LogP contribution in [0.5, 0.6) is 0 Å². The summed E-state index contributed by atoms with van der Waals surface area (Å²) in [4.78, 5) is 13.5. The molecule has 1 aliphatic heterocycles. The van der Waals surface area contributed by atoms with E-state index in [0.717, 1.165) is 25.9 Å². The van der Waals surface area contributed by atoms with E-state index >= 15 is 0 Å². The van der Waals surface area contributed by atoms with Crippen molar-refractivity contribution in [3.05, 3.63) is 35.4 Å². The largest absolute Gasteiger partial charge is 0.338 e. The van der Waals surface area contributed by atoms with E-state index in [1.54, 1.807) is 0 Å². The summed E-state index contributed by atoms with van der Waals surface area (Å²) in [5.41, 5.74) is 2.69. The number of halogens is 1. The minimum Gasteiger partial charge on any atom is -0.338 e. The van der Waals surface area contributed by atoms with Crippen molar-refractivity contribution in [2.45, 2.75) is 19.4 Å². The molecule has 0 bridgehead atoms. The van der Waals surface area contributed by atoms with Crippen molar-refractivity contribution >= 4 is 21.8 Å². The van der Waals surface area contributed by atoms with Gasteiger partial charge in [0.15, 0.2) is 0 Å². The van der Waals surface area contributed by atoms with Crippen molar-refractivity contribution < 1.29 is 4.79 Å². The van der Waals surface area contributed by atoms with Crippen molar-refractivity contribution in [3.8, 4) is 0 Å². The Kier molecular flexibility index (Phi) is 3.41. The minimum absolute atomic E-state index is 0.187. The monoisotopic (exact) mass is 267 g/mol. The molecule has 0 aromatic heterocycles. The SMILES string of the molecule is O=C(CBr)N1CCCc2ccccc2C1. The topological polar surface area (TPSA) is 20.3 Å². The second-order valence-corrected chi connectivity index (χ2v) is 4.38. The fourth-order valence-corrected chi connectivity index (χ4v) is 2.35. The van der Waals surface area contributed by atoms with Gasteiger partial charge in [0.05, 0.1) is 5.33 Å². The molecule has 3 heteroatoms. The number of hydrogen-bond donors (Lipinski definition) is 0. The van der Waals surface area contributed by atoms with Gasteiger partial charge in [-0.2, -0.15) is 0 Å². The predicted octanol–water partition coefficient (Wildman–Crippen LogP) is 2.36. The van der Waals surface area contributed by atoms with Gasteiger partial charge in [0, 0.05) is 13.1 Å². The molecule has 0 saturated carbocycles. The zero-order valence-corrected chi connectivity index (χ0v) is 10.2. The van der Waals surface area contributed by atoms with Crippen molar-refractivity contribution in [2.75, 3.05) is 11.9 Å². The Morgan fingerprint density at radius 2 is 2.07 bits per heavy atom. The van der Waals surface area contributed by atoms with Gasteiger partial charge in [0.1, 0.15) is 0 Å². The van der Waals surface area contributed by atoms with E-state index in [1.807, 2.05) is 11.0 Å². The molecule has 2 rings (SSSR count). The van der Waals surface area contributed by atoms with Crippen LogP contribution in [0.25, 0.3) is 0 Å². The third-order valence-electron chi connectivity index (χ3n) is 2.82. The second-order valence-electron chi connectivity index (χ2n) is 3.82. The zero-order valence-electron chi connectivity index (χ0n) is 8.58. The van der Waals surface area contributed by atoms with Crippen LogP contribution in [0.1, 0.15) is 17.5 Å². The fourth-order valence-electron chi connectivity index (χ4n) is 2.00. The number of fused-ring (bicyclic) bond motifs is 1. The van der Waals surface area contributed by atoms with Crippen LogP contribution in [0.15, 0.2) is 24.3 Å². The summed E-state index contributed by atoms with van der Waals surface area (Å²) in [6.07, 6.45) is 2.15. The van der Waals surface area contributed by atoms with Crippen molar-refractivity contribution in [3.63, 3.8) is 0 Å². The molecule has 0 radical (unpaired) electrons. The number of aryl methyl sites for hydroxylation is 1. The van der Waals surface area contributed by atoms with E-state index in [1.165, 1.54) is 11.1 Å². The van der Waals surface area contributed by atoms with Crippen LogP contribution in [0.4, 0.5) is 0 Å². The Labute approximate surface area is 98.4 Å². The fraction of sp³-hybridized carbons (Fsp3) is 0.417. The maximum absolute atomic E-state index is 11.6. The molecule has 1 aliphatic rings. The van der Waals surface area contributed by atoms with Crippen LogP contribution in [-0.2, 0) is 17.8 Å². The van der Waals surface area contributed by atoms with Crippen molar-refractivity contribution in [1.82, 2.24) is 4.90 Å². The summed E-state index contributed by atoms with van der Waals surface area (Å²) in [5.74, 6) is 0.187. The van der Waals surface area contributed by atoms with E-state index in [2.05, 4.69) is 34.1 Å². The highest BCUT2D eigenvalue weighted by Crippen LogP contribution is 2.18. The molecular formula is C12H14BrNO. The number of nitrogens with zero attached hydrogens (tertiary/aromatic N) is 1. The Balaban J connectivity index is 2.21. The van der Waals surface area contributed by atoms with Gasteiger partial charge in [-0.15, -0.1) is 0 Å². The lowest BCUT2D eigenvalue weighted by Gasteiger charge is -2.19. The molecule has 0 unspecified atom stereocenters. The van der Waals surface area contributed by atoms with Gasteiger partial charge in [-0.3, -0.25) is 4.79 Å². The van der Waals surface area contributed by atoms with Crippen LogP contribution in [-0.4, -0.2) is 22.7 Å². The smallest absolute Gasteiger partial charge is 0.233 e. The standard InChI is InChI=1S/C12H14BrNO/c13-8-12(15)14-7-3-6-10-4-1-2-5-11(10)9-14/h1-2,4-5H,3,6-9H2. The lowest BCUT2D eigenvalue weighted by molar-refractivity contribution is -0.128. The lowest BCUT2D eigenvalue weighted by Crippen LogP contribution is -2.31. The summed E-state index contributed by atoms with van der Waals surface area (Å²) in [5, 5.41) is 0.426. The zero-order chi connectivity index (χ0) is 10.7. The number of carbonyl (C=O) groups excluding carboxylic acids is 1. The van der Waals surface area contributed by atoms with Gasteiger partial charge >= 0.3 is 0 Å². The molecule has 1 aromatic rings. The first-order valence-corrected chi connectivity index (χ1v) is 6.34. The highest BCUT2D eigenvalue weighted by molar-refractivity contribution is 9.09. The second kappa shape index (κ2) is 4.79. The van der Waals surface area contributed by atoms with Crippen LogP contribution < -0.4 is 0 Å². The molecule has 0 aliphatic carbocycles. The number of carbonyl (C=O) groups is 1. The molecule has 1 heterocycles. The Morgan fingerprint density at radius 1 is 1.33 bits per heavy atom. The van der Waals surface area contributed by atoms with Crippen molar-refractivity contribution in [1.29, 1.82) is 0 Å². The number of amides is 1. The third-order valence-corrected chi connectivity index (χ3v) is 3.30. The van der Waals surface area contributed by atoms with Gasteiger partial charge in [0.2, 0.25) is 5.91 Å². The number of rotatable bonds is 1. The summed E-state index contributed by atoms with van der Waals surface area (Å²) in [7, 11) is 0. The number of hydrogen-bond acceptors (Lipinski definition) is 1. The first-order valence-electron chi connectivity index (χ1n) is 5.22. The summed E-state index contributed by atoms with van der Waals surface area (Å²) in [6, 6.07) is 8.40. The highest BCUT2D eigenvalue weighted by Gasteiger charge is 2.17. The van der Waals surface area contributed by atoms with E-state index < -0.39 is 0 Å². The molecule has 0 fully saturated rings. The van der Waals surface area contributed by atoms with E-state index in [9.17, 15) is 4.79 Å².